The van der Waals surface area contributed by atoms with Gasteiger partial charge in [-0.05, 0) is 58.4 Å². The average molecular weight is 456 g/mol. The van der Waals surface area contributed by atoms with E-state index in [4.69, 9.17) is 4.52 Å². The molecular weight excluding hydrogens is 419 g/mol. The minimum atomic E-state index is -4.30. The van der Waals surface area contributed by atoms with Gasteiger partial charge in [0.05, 0.1) is 12.4 Å². The molecule has 0 saturated heterocycles. The number of carbonyl (C=O) groups is 2. The topological polar surface area (TPSA) is 117 Å². The van der Waals surface area contributed by atoms with Gasteiger partial charge in [0.2, 0.25) is 11.8 Å². The van der Waals surface area contributed by atoms with Crippen LogP contribution in [0.4, 0.5) is 0 Å². The zero-order chi connectivity index (χ0) is 23.3. The number of hydrogen-bond donors (Lipinski definition) is 2. The zero-order valence-corrected chi connectivity index (χ0v) is 19.6. The lowest BCUT2D eigenvalue weighted by atomic mass is 9.81. The van der Waals surface area contributed by atoms with Crippen molar-refractivity contribution in [3.8, 4) is 0 Å². The Kier molecular flexibility index (Phi) is 12.5. The fraction of sp³-hybridized carbons (Fsp3) is 0.636. The second-order valence-electron chi connectivity index (χ2n) is 7.76. The van der Waals surface area contributed by atoms with E-state index >= 15 is 0 Å². The van der Waals surface area contributed by atoms with Crippen molar-refractivity contribution < 1.29 is 28.1 Å². The van der Waals surface area contributed by atoms with Crippen molar-refractivity contribution in [3.63, 3.8) is 0 Å². The Morgan fingerprint density at radius 1 is 1.10 bits per heavy atom. The summed E-state index contributed by atoms with van der Waals surface area (Å²) in [4.78, 5) is 36.0. The Morgan fingerprint density at radius 2 is 1.68 bits per heavy atom. The highest BCUT2D eigenvalue weighted by Gasteiger charge is 2.29. The number of phosphoric ester groups is 1. The van der Waals surface area contributed by atoms with Crippen molar-refractivity contribution >= 4 is 19.6 Å². The van der Waals surface area contributed by atoms with Gasteiger partial charge in [-0.25, -0.2) is 0 Å². The fourth-order valence-corrected chi connectivity index (χ4v) is 4.22. The first-order valence-corrected chi connectivity index (χ1v) is 12.3. The molecule has 0 aromatic carbocycles. The van der Waals surface area contributed by atoms with E-state index in [9.17, 15) is 19.0 Å². The molecule has 176 valence electrons. The molecule has 8 nitrogen and oxygen atoms in total. The van der Waals surface area contributed by atoms with E-state index in [-0.39, 0.29) is 36.0 Å². The number of nitrogens with one attached hydrogen (secondary N) is 2. The molecule has 0 radical (unpaired) electrons. The lowest BCUT2D eigenvalue weighted by Gasteiger charge is -2.27. The molecule has 0 aromatic rings. The summed E-state index contributed by atoms with van der Waals surface area (Å²) in [7, 11) is -4.30. The molecule has 2 N–H and O–H groups in total. The van der Waals surface area contributed by atoms with Gasteiger partial charge in [0.15, 0.2) is 0 Å². The van der Waals surface area contributed by atoms with Crippen LogP contribution in [0, 0.1) is 11.8 Å². The Bertz CT molecular complexity index is 698. The summed E-state index contributed by atoms with van der Waals surface area (Å²) in [6.45, 7) is 11.0. The van der Waals surface area contributed by atoms with Crippen molar-refractivity contribution in [2.45, 2.75) is 65.2 Å². The van der Waals surface area contributed by atoms with E-state index in [1.165, 1.54) is 6.92 Å². The van der Waals surface area contributed by atoms with E-state index in [2.05, 4.69) is 28.3 Å². The zero-order valence-electron chi connectivity index (χ0n) is 18.7. The van der Waals surface area contributed by atoms with E-state index in [1.54, 1.807) is 12.2 Å². The molecule has 0 aliphatic heterocycles. The number of phosphoric acid groups is 1. The van der Waals surface area contributed by atoms with Gasteiger partial charge in [0.25, 0.3) is 0 Å². The predicted octanol–water partition coefficient (Wildman–Crippen LogP) is 3.71. The smallest absolute Gasteiger partial charge is 0.319 e. The van der Waals surface area contributed by atoms with Gasteiger partial charge in [-0.3, -0.25) is 14.2 Å². The standard InChI is InChI=1S/C22H37N2O6P/c1-5-20(6-2)24-22(26)19-13-11-18(12-14-19)21(25)23-15-9-7-8-10-16-29-31(27,28)30-17(3)4/h5-6,18-19H,1,3,7-16H2,2,4H3,(H,23,25)(H,24,26)(H,27,28)/p-1/b20-6+. The molecule has 2 amide bonds. The second kappa shape index (κ2) is 14.2. The second-order valence-corrected chi connectivity index (χ2v) is 9.10. The molecule has 1 saturated carbocycles. The Morgan fingerprint density at radius 3 is 2.23 bits per heavy atom. The van der Waals surface area contributed by atoms with Crippen LogP contribution in [0.2, 0.25) is 0 Å². The van der Waals surface area contributed by atoms with Crippen molar-refractivity contribution in [1.82, 2.24) is 10.6 Å². The van der Waals surface area contributed by atoms with Crippen molar-refractivity contribution in [1.29, 1.82) is 0 Å². The van der Waals surface area contributed by atoms with Crippen molar-refractivity contribution in [3.05, 3.63) is 36.8 Å². The van der Waals surface area contributed by atoms with Crippen molar-refractivity contribution in [2.24, 2.45) is 11.8 Å². The van der Waals surface area contributed by atoms with Crippen LogP contribution in [0.25, 0.3) is 0 Å². The molecule has 31 heavy (non-hydrogen) atoms. The molecule has 0 bridgehead atoms. The van der Waals surface area contributed by atoms with Crippen LogP contribution in [0.15, 0.2) is 36.8 Å². The highest BCUT2D eigenvalue weighted by molar-refractivity contribution is 7.46. The van der Waals surface area contributed by atoms with Crippen molar-refractivity contribution in [2.75, 3.05) is 13.2 Å². The molecule has 1 aliphatic rings. The van der Waals surface area contributed by atoms with Gasteiger partial charge in [-0.15, -0.1) is 0 Å². The van der Waals surface area contributed by atoms with Gasteiger partial charge in [0, 0.05) is 24.1 Å². The van der Waals surface area contributed by atoms with Crippen LogP contribution in [-0.4, -0.2) is 25.0 Å². The highest BCUT2D eigenvalue weighted by Crippen LogP contribution is 2.40. The van der Waals surface area contributed by atoms with Gasteiger partial charge in [0.1, 0.15) is 0 Å². The molecule has 1 fully saturated rings. The van der Waals surface area contributed by atoms with Crippen LogP contribution < -0.4 is 15.5 Å². The minimum absolute atomic E-state index is 0.00430. The van der Waals surface area contributed by atoms with Crippen LogP contribution in [0.5, 0.6) is 0 Å². The van der Waals surface area contributed by atoms with E-state index < -0.39 is 7.82 Å². The Hall–Kier alpha value is -1.89. The maximum absolute atomic E-state index is 12.3. The van der Waals surface area contributed by atoms with Crippen LogP contribution in [0.3, 0.4) is 0 Å². The summed E-state index contributed by atoms with van der Waals surface area (Å²) >= 11 is 0. The maximum atomic E-state index is 12.3. The number of unbranched alkanes of at least 4 members (excludes halogenated alkanes) is 3. The highest BCUT2D eigenvalue weighted by atomic mass is 31.2. The average Bonchev–Trinajstić information content (AvgIpc) is 2.72. The van der Waals surface area contributed by atoms with Gasteiger partial charge in [-0.2, -0.15) is 0 Å². The molecule has 0 spiro atoms. The maximum Gasteiger partial charge on any atom is 0.319 e. The van der Waals surface area contributed by atoms with Gasteiger partial charge >= 0.3 is 7.82 Å². The Labute approximate surface area is 185 Å². The third-order valence-corrected chi connectivity index (χ3v) is 6.19. The first kappa shape index (κ1) is 27.1. The molecule has 1 rings (SSSR count). The third-order valence-electron chi connectivity index (χ3n) is 5.15. The number of amides is 2. The van der Waals surface area contributed by atoms with Crippen LogP contribution in [-0.2, 0) is 23.2 Å². The Balaban J connectivity index is 2.12. The van der Waals surface area contributed by atoms with Crippen LogP contribution in [0.1, 0.15) is 65.2 Å². The van der Waals surface area contributed by atoms with Crippen LogP contribution >= 0.6 is 7.82 Å². The lowest BCUT2D eigenvalue weighted by Crippen LogP contribution is -2.37. The largest absolute Gasteiger partial charge is 0.746 e. The molecule has 1 aliphatic carbocycles. The number of allylic oxidation sites excluding steroid dienone is 3. The van der Waals surface area contributed by atoms with Gasteiger partial charge in [-0.1, -0.05) is 32.1 Å². The molecule has 0 aromatic heterocycles. The fourth-order valence-electron chi connectivity index (χ4n) is 3.43. The molecule has 1 unspecified atom stereocenters. The summed E-state index contributed by atoms with van der Waals surface area (Å²) in [6.07, 6.45) is 9.31. The summed E-state index contributed by atoms with van der Waals surface area (Å²) in [5.74, 6) is 0.00674. The molecule has 9 heteroatoms. The summed E-state index contributed by atoms with van der Waals surface area (Å²) < 4.78 is 20.6. The first-order chi connectivity index (χ1) is 14.7. The molecule has 0 heterocycles. The number of carbonyl (C=O) groups excluding carboxylic acids is 2. The van der Waals surface area contributed by atoms with E-state index in [1.807, 2.05) is 6.92 Å². The summed E-state index contributed by atoms with van der Waals surface area (Å²) in [5, 5.41) is 5.83. The van der Waals surface area contributed by atoms with E-state index in [0.29, 0.717) is 44.3 Å². The number of rotatable bonds is 14. The minimum Gasteiger partial charge on any atom is -0.746 e. The predicted molar refractivity (Wildman–Crippen MR) is 118 cm³/mol. The summed E-state index contributed by atoms with van der Waals surface area (Å²) in [5.41, 5.74) is 0.707. The van der Waals surface area contributed by atoms with E-state index in [0.717, 1.165) is 19.3 Å². The molecule has 1 atom stereocenters. The summed E-state index contributed by atoms with van der Waals surface area (Å²) in [6, 6.07) is 0. The monoisotopic (exact) mass is 455 g/mol. The quantitative estimate of drug-likeness (QED) is 0.178. The first-order valence-electron chi connectivity index (χ1n) is 10.9. The number of hydrogen-bond acceptors (Lipinski definition) is 6. The SMILES string of the molecule is C=C/C(=C\C)NC(=O)C1CCC(C(=O)NCCCCCCOP(=O)([O-])OC(=C)C)CC1. The third kappa shape index (κ3) is 11.3. The lowest BCUT2D eigenvalue weighted by molar-refractivity contribution is -0.221. The normalized spacial score (nSPS) is 20.9. The molecular formula is C22H36N2O6P-. The van der Waals surface area contributed by atoms with Gasteiger partial charge < -0.3 is 24.6 Å².